The molecular formula is C50H99NO9. The highest BCUT2D eigenvalue weighted by molar-refractivity contribution is 5.76. The van der Waals surface area contributed by atoms with Gasteiger partial charge in [0.15, 0.2) is 6.29 Å². The van der Waals surface area contributed by atoms with Crippen molar-refractivity contribution in [2.24, 2.45) is 0 Å². The lowest BCUT2D eigenvalue weighted by atomic mass is 9.98. The predicted molar refractivity (Wildman–Crippen MR) is 246 cm³/mol. The van der Waals surface area contributed by atoms with Gasteiger partial charge in [-0.15, -0.1) is 0 Å². The summed E-state index contributed by atoms with van der Waals surface area (Å²) in [5, 5.41) is 65.3. The minimum Gasteiger partial charge on any atom is -0.394 e. The summed E-state index contributed by atoms with van der Waals surface area (Å²) in [6.45, 7) is 3.63. The molecule has 0 unspecified atom stereocenters. The molecule has 0 aliphatic carbocycles. The lowest BCUT2D eigenvalue weighted by Gasteiger charge is -2.40. The zero-order valence-electron chi connectivity index (χ0n) is 39.1. The number of carbonyl (C=O) groups is 1. The molecule has 0 radical (unpaired) electrons. The monoisotopic (exact) mass is 858 g/mol. The number of carbonyl (C=O) groups excluding carboxylic acids is 1. The van der Waals surface area contributed by atoms with Gasteiger partial charge in [-0.3, -0.25) is 4.79 Å². The van der Waals surface area contributed by atoms with E-state index in [9.17, 15) is 35.4 Å². The maximum Gasteiger partial charge on any atom is 0.220 e. The molecule has 358 valence electrons. The van der Waals surface area contributed by atoms with Crippen LogP contribution >= 0.6 is 0 Å². The second kappa shape index (κ2) is 40.9. The molecular weight excluding hydrogens is 759 g/mol. The van der Waals surface area contributed by atoms with Crippen LogP contribution in [0.5, 0.6) is 0 Å². The maximum absolute atomic E-state index is 13.0. The van der Waals surface area contributed by atoms with E-state index in [0.29, 0.717) is 6.42 Å². The Balaban J connectivity index is 2.26. The van der Waals surface area contributed by atoms with Gasteiger partial charge < -0.3 is 45.4 Å². The van der Waals surface area contributed by atoms with Crippen LogP contribution in [0.15, 0.2) is 0 Å². The molecule has 1 heterocycles. The van der Waals surface area contributed by atoms with E-state index in [1.54, 1.807) is 0 Å². The fraction of sp³-hybridized carbons (Fsp3) is 0.980. The summed E-state index contributed by atoms with van der Waals surface area (Å²) in [6, 6.07) is -0.985. The summed E-state index contributed by atoms with van der Waals surface area (Å²) in [4.78, 5) is 13.0. The Morgan fingerprint density at radius 2 is 0.867 bits per heavy atom. The molecule has 1 rings (SSSR count). The van der Waals surface area contributed by atoms with E-state index >= 15 is 0 Å². The normalized spacial score (nSPS) is 21.0. The van der Waals surface area contributed by atoms with Gasteiger partial charge in [-0.1, -0.05) is 232 Å². The molecule has 10 nitrogen and oxygen atoms in total. The van der Waals surface area contributed by atoms with Gasteiger partial charge in [-0.2, -0.15) is 0 Å². The van der Waals surface area contributed by atoms with E-state index in [2.05, 4.69) is 19.2 Å². The topological polar surface area (TPSA) is 169 Å². The molecule has 1 fully saturated rings. The molecule has 0 aromatic heterocycles. The number of amides is 1. The molecule has 1 amide bonds. The van der Waals surface area contributed by atoms with Crippen molar-refractivity contribution < 1.29 is 44.9 Å². The van der Waals surface area contributed by atoms with Crippen molar-refractivity contribution in [2.45, 2.75) is 300 Å². The lowest BCUT2D eigenvalue weighted by Crippen LogP contribution is -2.60. The van der Waals surface area contributed by atoms with Gasteiger partial charge in [0.2, 0.25) is 5.91 Å². The first-order valence-electron chi connectivity index (χ1n) is 25.8. The molecule has 1 aliphatic rings. The fourth-order valence-corrected chi connectivity index (χ4v) is 8.61. The van der Waals surface area contributed by atoms with Crippen LogP contribution in [0.25, 0.3) is 0 Å². The smallest absolute Gasteiger partial charge is 0.220 e. The van der Waals surface area contributed by atoms with Crippen molar-refractivity contribution in [3.63, 3.8) is 0 Å². The molecule has 60 heavy (non-hydrogen) atoms. The number of hydrogen-bond acceptors (Lipinski definition) is 9. The molecule has 0 aromatic carbocycles. The van der Waals surface area contributed by atoms with Crippen LogP contribution < -0.4 is 5.32 Å². The van der Waals surface area contributed by atoms with Crippen LogP contribution in [0.1, 0.15) is 251 Å². The molecule has 10 heteroatoms. The first-order valence-corrected chi connectivity index (χ1v) is 25.8. The number of aliphatic hydroxyl groups is 6. The molecule has 7 N–H and O–H groups in total. The van der Waals surface area contributed by atoms with E-state index < -0.39 is 55.6 Å². The molecule has 1 saturated heterocycles. The SMILES string of the molecule is CCCCCCCCCCCCCCCCCCCCCCCCCC(=O)N[C@H](CO[C@H]1O[C@H](CO)[C@H](O)[C@H](O)[C@H]1O)[C@H](O)[C@H](O)CCCCCCCCCCCCCC. The van der Waals surface area contributed by atoms with Crippen molar-refractivity contribution in [1.82, 2.24) is 5.32 Å². The highest BCUT2D eigenvalue weighted by atomic mass is 16.7. The third-order valence-electron chi connectivity index (χ3n) is 12.8. The molecule has 0 spiro atoms. The van der Waals surface area contributed by atoms with E-state index in [4.69, 9.17) is 9.47 Å². The highest BCUT2D eigenvalue weighted by Crippen LogP contribution is 2.23. The third kappa shape index (κ3) is 30.3. The van der Waals surface area contributed by atoms with E-state index in [1.807, 2.05) is 0 Å². The predicted octanol–water partition coefficient (Wildman–Crippen LogP) is 10.5. The van der Waals surface area contributed by atoms with Gasteiger partial charge in [-0.05, 0) is 12.8 Å². The summed E-state index contributed by atoms with van der Waals surface area (Å²) < 4.78 is 11.2. The van der Waals surface area contributed by atoms with Crippen LogP contribution in [0.3, 0.4) is 0 Å². The second-order valence-electron chi connectivity index (χ2n) is 18.5. The highest BCUT2D eigenvalue weighted by Gasteiger charge is 2.44. The molecule has 0 saturated carbocycles. The van der Waals surface area contributed by atoms with Gasteiger partial charge in [0.25, 0.3) is 0 Å². The van der Waals surface area contributed by atoms with Gasteiger partial charge in [-0.25, -0.2) is 0 Å². The number of hydrogen-bond donors (Lipinski definition) is 7. The van der Waals surface area contributed by atoms with Gasteiger partial charge in [0.1, 0.15) is 30.5 Å². The van der Waals surface area contributed by atoms with Gasteiger partial charge in [0, 0.05) is 6.42 Å². The van der Waals surface area contributed by atoms with Crippen LogP contribution in [0, 0.1) is 0 Å². The Kier molecular flexibility index (Phi) is 39.0. The number of unbranched alkanes of at least 4 members (excludes halogenated alkanes) is 33. The first kappa shape index (κ1) is 57.2. The number of nitrogens with one attached hydrogen (secondary N) is 1. The molecule has 0 aromatic rings. The van der Waals surface area contributed by atoms with Gasteiger partial charge in [0.05, 0.1) is 25.4 Å². The maximum atomic E-state index is 13.0. The first-order chi connectivity index (χ1) is 29.3. The quantitative estimate of drug-likeness (QED) is 0.0295. The van der Waals surface area contributed by atoms with Crippen molar-refractivity contribution in [3.05, 3.63) is 0 Å². The van der Waals surface area contributed by atoms with Crippen LogP contribution in [-0.2, 0) is 14.3 Å². The van der Waals surface area contributed by atoms with E-state index in [1.165, 1.54) is 186 Å². The zero-order chi connectivity index (χ0) is 43.9. The molecule has 8 atom stereocenters. The Hall–Kier alpha value is -0.850. The average molecular weight is 858 g/mol. The third-order valence-corrected chi connectivity index (χ3v) is 12.8. The average Bonchev–Trinajstić information content (AvgIpc) is 3.25. The molecule has 1 aliphatic heterocycles. The number of aliphatic hydroxyl groups excluding tert-OH is 6. The lowest BCUT2D eigenvalue weighted by molar-refractivity contribution is -0.303. The Bertz CT molecular complexity index is 926. The standard InChI is InChI=1S/C50H99NO9/c1-3-5-7-9-11-13-15-17-18-19-20-21-22-23-24-25-26-27-29-31-33-35-37-39-45(54)51-42(41-59-50-49(58)48(57)47(56)44(40-52)60-50)46(55)43(53)38-36-34-32-30-28-16-14-12-10-8-6-4-2/h42-44,46-50,52-53,55-58H,3-41H2,1-2H3,(H,51,54)/t42-,43-,44-,46+,47+,48+,49-,50+/m1/s1. The molecule has 0 bridgehead atoms. The number of rotatable bonds is 44. The van der Waals surface area contributed by atoms with Crippen LogP contribution in [-0.4, -0.2) is 98.7 Å². The van der Waals surface area contributed by atoms with Crippen LogP contribution in [0.4, 0.5) is 0 Å². The van der Waals surface area contributed by atoms with Crippen molar-refractivity contribution in [2.75, 3.05) is 13.2 Å². The minimum atomic E-state index is -1.60. The van der Waals surface area contributed by atoms with E-state index in [0.717, 1.165) is 38.5 Å². The summed E-state index contributed by atoms with van der Waals surface area (Å²) >= 11 is 0. The Morgan fingerprint density at radius 1 is 0.517 bits per heavy atom. The van der Waals surface area contributed by atoms with E-state index in [-0.39, 0.29) is 18.9 Å². The number of ether oxygens (including phenoxy) is 2. The summed E-state index contributed by atoms with van der Waals surface area (Å²) in [5.74, 6) is -0.252. The summed E-state index contributed by atoms with van der Waals surface area (Å²) in [6.07, 6.45) is 35.5. The largest absolute Gasteiger partial charge is 0.394 e. The second-order valence-corrected chi connectivity index (χ2v) is 18.5. The Labute approximate surface area is 368 Å². The fourth-order valence-electron chi connectivity index (χ4n) is 8.61. The zero-order valence-corrected chi connectivity index (χ0v) is 39.1. The van der Waals surface area contributed by atoms with Crippen molar-refractivity contribution in [1.29, 1.82) is 0 Å². The Morgan fingerprint density at radius 3 is 1.23 bits per heavy atom. The summed E-state index contributed by atoms with van der Waals surface area (Å²) in [7, 11) is 0. The van der Waals surface area contributed by atoms with Crippen molar-refractivity contribution in [3.8, 4) is 0 Å². The van der Waals surface area contributed by atoms with Crippen molar-refractivity contribution >= 4 is 5.91 Å². The van der Waals surface area contributed by atoms with Crippen LogP contribution in [0.2, 0.25) is 0 Å². The van der Waals surface area contributed by atoms with Gasteiger partial charge >= 0.3 is 0 Å². The summed E-state index contributed by atoms with van der Waals surface area (Å²) in [5.41, 5.74) is 0. The minimum absolute atomic E-state index is 0.252.